The molecule has 24 heavy (non-hydrogen) atoms. The van der Waals surface area contributed by atoms with Gasteiger partial charge in [0.2, 0.25) is 5.91 Å². The molecule has 2 amide bonds. The van der Waals surface area contributed by atoms with E-state index in [2.05, 4.69) is 10.6 Å². The van der Waals surface area contributed by atoms with E-state index in [-0.39, 0.29) is 30.2 Å². The topological polar surface area (TPSA) is 67.4 Å². The number of nitrogens with one attached hydrogen (secondary N) is 2. The van der Waals surface area contributed by atoms with Crippen LogP contribution in [0.4, 0.5) is 4.39 Å². The minimum Gasteiger partial charge on any atom is -0.493 e. The predicted molar refractivity (Wildman–Crippen MR) is 86.2 cm³/mol. The van der Waals surface area contributed by atoms with Gasteiger partial charge in [-0.1, -0.05) is 18.2 Å². The molecular weight excluding hydrogens is 311 g/mol. The van der Waals surface area contributed by atoms with Gasteiger partial charge in [-0.15, -0.1) is 0 Å². The highest BCUT2D eigenvalue weighted by Crippen LogP contribution is 2.32. The molecule has 1 atom stereocenters. The van der Waals surface area contributed by atoms with E-state index in [1.807, 2.05) is 6.07 Å². The van der Waals surface area contributed by atoms with Gasteiger partial charge in [0.1, 0.15) is 11.6 Å². The summed E-state index contributed by atoms with van der Waals surface area (Å²) in [5.41, 5.74) is 1.10. The molecule has 0 fully saturated rings. The van der Waals surface area contributed by atoms with Crippen LogP contribution in [-0.4, -0.2) is 25.0 Å². The lowest BCUT2D eigenvalue weighted by molar-refractivity contribution is -0.121. The first-order valence-corrected chi connectivity index (χ1v) is 7.68. The second kappa shape index (κ2) is 7.12. The van der Waals surface area contributed by atoms with Crippen LogP contribution >= 0.6 is 0 Å². The molecule has 1 aliphatic heterocycles. The van der Waals surface area contributed by atoms with Crippen LogP contribution in [-0.2, 0) is 4.79 Å². The van der Waals surface area contributed by atoms with Gasteiger partial charge in [0.15, 0.2) is 0 Å². The monoisotopic (exact) mass is 328 g/mol. The molecule has 0 aromatic heterocycles. The van der Waals surface area contributed by atoms with Crippen LogP contribution in [0.15, 0.2) is 48.5 Å². The Morgan fingerprint density at radius 3 is 2.75 bits per heavy atom. The summed E-state index contributed by atoms with van der Waals surface area (Å²) in [6.07, 6.45) is 0.550. The molecule has 0 saturated carbocycles. The van der Waals surface area contributed by atoms with Gasteiger partial charge >= 0.3 is 0 Å². The second-order valence-corrected chi connectivity index (χ2v) is 5.49. The van der Waals surface area contributed by atoms with Gasteiger partial charge in [0.25, 0.3) is 5.91 Å². The van der Waals surface area contributed by atoms with E-state index in [1.54, 1.807) is 30.3 Å². The second-order valence-electron chi connectivity index (χ2n) is 5.49. The Morgan fingerprint density at radius 2 is 1.96 bits per heavy atom. The fourth-order valence-electron chi connectivity index (χ4n) is 2.61. The zero-order valence-corrected chi connectivity index (χ0v) is 12.9. The first-order valence-electron chi connectivity index (χ1n) is 7.68. The van der Waals surface area contributed by atoms with Crippen molar-refractivity contribution in [3.63, 3.8) is 0 Å². The van der Waals surface area contributed by atoms with Crippen LogP contribution in [0.2, 0.25) is 0 Å². The number of hydrogen-bond donors (Lipinski definition) is 2. The molecule has 2 aromatic carbocycles. The van der Waals surface area contributed by atoms with Gasteiger partial charge in [0, 0.05) is 17.5 Å². The van der Waals surface area contributed by atoms with Crippen molar-refractivity contribution < 1.29 is 18.7 Å². The van der Waals surface area contributed by atoms with Gasteiger partial charge in [-0.25, -0.2) is 4.39 Å². The minimum atomic E-state index is -0.379. The van der Waals surface area contributed by atoms with Crippen LogP contribution in [0.25, 0.3) is 0 Å². The molecule has 0 saturated heterocycles. The van der Waals surface area contributed by atoms with E-state index < -0.39 is 0 Å². The number of amides is 2. The maximum absolute atomic E-state index is 13.4. The van der Waals surface area contributed by atoms with Gasteiger partial charge in [-0.2, -0.15) is 0 Å². The molecule has 0 spiro atoms. The summed E-state index contributed by atoms with van der Waals surface area (Å²) in [6, 6.07) is 12.6. The molecule has 1 unspecified atom stereocenters. The van der Waals surface area contributed by atoms with E-state index >= 15 is 0 Å². The molecule has 3 rings (SSSR count). The van der Waals surface area contributed by atoms with Gasteiger partial charge in [-0.3, -0.25) is 9.59 Å². The maximum Gasteiger partial charge on any atom is 0.251 e. The lowest BCUT2D eigenvalue weighted by atomic mass is 10.0. The largest absolute Gasteiger partial charge is 0.493 e. The third-order valence-electron chi connectivity index (χ3n) is 3.79. The molecule has 0 radical (unpaired) electrons. The quantitative estimate of drug-likeness (QED) is 0.904. The smallest absolute Gasteiger partial charge is 0.251 e. The highest BCUT2D eigenvalue weighted by Gasteiger charge is 2.23. The van der Waals surface area contributed by atoms with Crippen LogP contribution in [0.3, 0.4) is 0 Å². The summed E-state index contributed by atoms with van der Waals surface area (Å²) in [4.78, 5) is 24.0. The standard InChI is InChI=1S/C18H17FN2O3/c19-13-6-7-16-14(10-13)15(8-9-24-16)21-17(22)11-20-18(23)12-4-2-1-3-5-12/h1-7,10,15H,8-9,11H2,(H,20,23)(H,21,22). The maximum atomic E-state index is 13.4. The Bertz CT molecular complexity index is 749. The fraction of sp³-hybridized carbons (Fsp3) is 0.222. The summed E-state index contributed by atoms with van der Waals surface area (Å²) in [5, 5.41) is 5.38. The van der Waals surface area contributed by atoms with E-state index in [0.29, 0.717) is 29.9 Å². The highest BCUT2D eigenvalue weighted by molar-refractivity contribution is 5.96. The molecule has 2 aromatic rings. The number of carbonyl (C=O) groups is 2. The normalized spacial score (nSPS) is 15.8. The van der Waals surface area contributed by atoms with Crippen LogP contribution in [0.1, 0.15) is 28.4 Å². The molecule has 124 valence electrons. The molecule has 1 aliphatic rings. The molecular formula is C18H17FN2O3. The summed E-state index contributed by atoms with van der Waals surface area (Å²) in [7, 11) is 0. The van der Waals surface area contributed by atoms with E-state index in [1.165, 1.54) is 12.1 Å². The summed E-state index contributed by atoms with van der Waals surface area (Å²) < 4.78 is 18.9. The van der Waals surface area contributed by atoms with Gasteiger partial charge in [-0.05, 0) is 30.3 Å². The number of hydrogen-bond acceptors (Lipinski definition) is 3. The number of rotatable bonds is 4. The van der Waals surface area contributed by atoms with Crippen molar-refractivity contribution in [1.29, 1.82) is 0 Å². The molecule has 1 heterocycles. The zero-order valence-electron chi connectivity index (χ0n) is 12.9. The Labute approximate surface area is 138 Å². The molecule has 0 aliphatic carbocycles. The molecule has 6 heteroatoms. The lowest BCUT2D eigenvalue weighted by Gasteiger charge is -2.26. The average Bonchev–Trinajstić information content (AvgIpc) is 2.61. The van der Waals surface area contributed by atoms with Gasteiger partial charge < -0.3 is 15.4 Å². The minimum absolute atomic E-state index is 0.143. The van der Waals surface area contributed by atoms with Crippen molar-refractivity contribution in [3.05, 3.63) is 65.5 Å². The number of carbonyl (C=O) groups excluding carboxylic acids is 2. The SMILES string of the molecule is O=C(CNC(=O)c1ccccc1)NC1CCOc2ccc(F)cc21. The fourth-order valence-corrected chi connectivity index (χ4v) is 2.61. The number of halogens is 1. The van der Waals surface area contributed by atoms with Crippen molar-refractivity contribution in [3.8, 4) is 5.75 Å². The van der Waals surface area contributed by atoms with E-state index in [9.17, 15) is 14.0 Å². The van der Waals surface area contributed by atoms with Crippen LogP contribution in [0.5, 0.6) is 5.75 Å². The summed E-state index contributed by atoms with van der Waals surface area (Å²) >= 11 is 0. The summed E-state index contributed by atoms with van der Waals surface area (Å²) in [6.45, 7) is 0.301. The number of fused-ring (bicyclic) bond motifs is 1. The van der Waals surface area contributed by atoms with Crippen molar-refractivity contribution in [1.82, 2.24) is 10.6 Å². The third kappa shape index (κ3) is 3.71. The predicted octanol–water partition coefficient (Wildman–Crippen LogP) is 2.20. The molecule has 2 N–H and O–H groups in total. The van der Waals surface area contributed by atoms with Crippen molar-refractivity contribution in [2.24, 2.45) is 0 Å². The first kappa shape index (κ1) is 16.0. The number of ether oxygens (including phenoxy) is 1. The van der Waals surface area contributed by atoms with E-state index in [4.69, 9.17) is 4.74 Å². The summed E-state index contributed by atoms with van der Waals surface area (Å²) in [5.74, 6) is -0.456. The first-order chi connectivity index (χ1) is 11.6. The van der Waals surface area contributed by atoms with Crippen molar-refractivity contribution >= 4 is 11.8 Å². The Morgan fingerprint density at radius 1 is 1.17 bits per heavy atom. The van der Waals surface area contributed by atoms with Crippen molar-refractivity contribution in [2.45, 2.75) is 12.5 Å². The Hall–Kier alpha value is -2.89. The Kier molecular flexibility index (Phi) is 4.74. The van der Waals surface area contributed by atoms with Crippen molar-refractivity contribution in [2.75, 3.05) is 13.2 Å². The zero-order chi connectivity index (χ0) is 16.9. The average molecular weight is 328 g/mol. The lowest BCUT2D eigenvalue weighted by Crippen LogP contribution is -2.40. The molecule has 0 bridgehead atoms. The molecule has 5 nitrogen and oxygen atoms in total. The third-order valence-corrected chi connectivity index (χ3v) is 3.79. The highest BCUT2D eigenvalue weighted by atomic mass is 19.1. The van der Waals surface area contributed by atoms with Crippen LogP contribution in [0, 0.1) is 5.82 Å². The number of benzene rings is 2. The van der Waals surface area contributed by atoms with Gasteiger partial charge in [0.05, 0.1) is 19.2 Å². The van der Waals surface area contributed by atoms with Crippen LogP contribution < -0.4 is 15.4 Å². The Balaban J connectivity index is 1.58. The van der Waals surface area contributed by atoms with E-state index in [0.717, 1.165) is 0 Å².